The van der Waals surface area contributed by atoms with Gasteiger partial charge in [0.1, 0.15) is 11.5 Å². The molecule has 0 aliphatic heterocycles. The van der Waals surface area contributed by atoms with Crippen LogP contribution in [0.25, 0.3) is 11.3 Å². The van der Waals surface area contributed by atoms with E-state index in [1.165, 1.54) is 29.5 Å². The number of amides is 1. The fourth-order valence-corrected chi connectivity index (χ4v) is 4.33. The van der Waals surface area contributed by atoms with Gasteiger partial charge in [0.25, 0.3) is 5.91 Å². The van der Waals surface area contributed by atoms with Gasteiger partial charge in [-0.3, -0.25) is 19.2 Å². The number of phenolic OH excluding ortho intramolecular Hbond substituents is 2. The van der Waals surface area contributed by atoms with Gasteiger partial charge in [-0.15, -0.1) is 11.3 Å². The number of benzene rings is 2. The fraction of sp³-hybridized carbons (Fsp3) is 0.200. The van der Waals surface area contributed by atoms with Crippen LogP contribution in [0.1, 0.15) is 35.9 Å². The molecular formula is C20H21N2O7PS. The molecule has 3 rings (SSSR count). The molecule has 0 radical (unpaired) electrons. The molecule has 2 aromatic carbocycles. The van der Waals surface area contributed by atoms with Gasteiger partial charge in [0.2, 0.25) is 0 Å². The second-order valence-corrected chi connectivity index (χ2v) is 8.71. The zero-order valence-corrected chi connectivity index (χ0v) is 18.4. The lowest BCUT2D eigenvalue weighted by molar-refractivity contribution is 0.102. The predicted molar refractivity (Wildman–Crippen MR) is 116 cm³/mol. The highest BCUT2D eigenvalue weighted by molar-refractivity contribution is 7.47. The maximum atomic E-state index is 12.5. The summed E-state index contributed by atoms with van der Waals surface area (Å²) in [7, 11) is -4.14. The SMILES string of the molecule is CCOP(=O)(O)OC(C)c1ccc(C(=O)Nc2nc(-c3ccc(O)cc3O)cs2)cc1. The first-order valence-corrected chi connectivity index (χ1v) is 11.6. The molecular weight excluding hydrogens is 443 g/mol. The van der Waals surface area contributed by atoms with Gasteiger partial charge in [0, 0.05) is 22.6 Å². The molecule has 11 heteroatoms. The van der Waals surface area contributed by atoms with E-state index in [9.17, 15) is 24.5 Å². The zero-order chi connectivity index (χ0) is 22.6. The van der Waals surface area contributed by atoms with Crippen LogP contribution in [0.5, 0.6) is 11.5 Å². The Bertz CT molecular complexity index is 1120. The predicted octanol–water partition coefficient (Wildman–Crippen LogP) is 4.69. The number of phosphoric ester groups is 1. The normalized spacial score (nSPS) is 14.0. The summed E-state index contributed by atoms with van der Waals surface area (Å²) in [5, 5.41) is 24.0. The van der Waals surface area contributed by atoms with E-state index in [2.05, 4.69) is 14.8 Å². The van der Waals surface area contributed by atoms with Crippen molar-refractivity contribution in [2.75, 3.05) is 11.9 Å². The van der Waals surface area contributed by atoms with Crippen molar-refractivity contribution in [3.8, 4) is 22.8 Å². The van der Waals surface area contributed by atoms with Crippen molar-refractivity contribution in [1.29, 1.82) is 0 Å². The molecule has 1 amide bonds. The Morgan fingerprint density at radius 3 is 2.58 bits per heavy atom. The highest BCUT2D eigenvalue weighted by Gasteiger charge is 2.24. The first-order valence-electron chi connectivity index (χ1n) is 9.23. The van der Waals surface area contributed by atoms with Crippen molar-refractivity contribution in [3.63, 3.8) is 0 Å². The Morgan fingerprint density at radius 1 is 1.23 bits per heavy atom. The number of hydrogen-bond donors (Lipinski definition) is 4. The molecule has 3 aromatic rings. The number of anilines is 1. The van der Waals surface area contributed by atoms with Crippen LogP contribution in [0.2, 0.25) is 0 Å². The number of aromatic hydroxyl groups is 2. The Morgan fingerprint density at radius 2 is 1.94 bits per heavy atom. The smallest absolute Gasteiger partial charge is 0.472 e. The number of phenols is 2. The molecule has 0 spiro atoms. The van der Waals surface area contributed by atoms with Crippen LogP contribution in [0, 0.1) is 0 Å². The van der Waals surface area contributed by atoms with Crippen LogP contribution in [-0.2, 0) is 13.6 Å². The lowest BCUT2D eigenvalue weighted by Crippen LogP contribution is -2.12. The topological polar surface area (TPSA) is 138 Å². The number of carbonyl (C=O) groups excluding carboxylic acids is 1. The summed E-state index contributed by atoms with van der Waals surface area (Å²) in [4.78, 5) is 26.4. The molecule has 1 aromatic heterocycles. The Labute approximate surface area is 182 Å². The van der Waals surface area contributed by atoms with E-state index in [1.807, 2.05) is 0 Å². The van der Waals surface area contributed by atoms with Crippen LogP contribution in [0.3, 0.4) is 0 Å². The van der Waals surface area contributed by atoms with Crippen molar-refractivity contribution in [1.82, 2.24) is 4.98 Å². The number of nitrogens with one attached hydrogen (secondary N) is 1. The summed E-state index contributed by atoms with van der Waals surface area (Å²) in [6, 6.07) is 10.5. The van der Waals surface area contributed by atoms with Crippen LogP contribution < -0.4 is 5.32 Å². The third kappa shape index (κ3) is 5.90. The van der Waals surface area contributed by atoms with Crippen molar-refractivity contribution in [3.05, 3.63) is 59.0 Å². The van der Waals surface area contributed by atoms with Crippen LogP contribution in [-0.4, -0.2) is 32.6 Å². The first kappa shape index (κ1) is 22.9. The molecule has 0 saturated carbocycles. The summed E-state index contributed by atoms with van der Waals surface area (Å²) in [6.45, 7) is 3.24. The molecule has 1 heterocycles. The minimum Gasteiger partial charge on any atom is -0.508 e. The summed E-state index contributed by atoms with van der Waals surface area (Å²) >= 11 is 1.19. The lowest BCUT2D eigenvalue weighted by atomic mass is 10.1. The summed E-state index contributed by atoms with van der Waals surface area (Å²) in [5.74, 6) is -0.571. The van der Waals surface area contributed by atoms with Gasteiger partial charge in [0.05, 0.1) is 18.4 Å². The number of hydrogen-bond acceptors (Lipinski definition) is 8. The zero-order valence-electron chi connectivity index (χ0n) is 16.7. The maximum Gasteiger partial charge on any atom is 0.472 e. The third-order valence-electron chi connectivity index (χ3n) is 4.21. The van der Waals surface area contributed by atoms with Gasteiger partial charge in [-0.05, 0) is 43.7 Å². The molecule has 0 fully saturated rings. The second-order valence-electron chi connectivity index (χ2n) is 6.45. The Kier molecular flexibility index (Phi) is 7.09. The number of carbonyl (C=O) groups is 1. The lowest BCUT2D eigenvalue weighted by Gasteiger charge is -2.17. The van der Waals surface area contributed by atoms with E-state index in [1.54, 1.807) is 43.5 Å². The molecule has 2 unspecified atom stereocenters. The van der Waals surface area contributed by atoms with Crippen LogP contribution >= 0.6 is 19.2 Å². The summed E-state index contributed by atoms with van der Waals surface area (Å²) in [5.41, 5.74) is 1.85. The first-order chi connectivity index (χ1) is 14.7. The Hall–Kier alpha value is -2.75. The molecule has 0 aliphatic rings. The quantitative estimate of drug-likeness (QED) is 0.352. The van der Waals surface area contributed by atoms with Gasteiger partial charge in [0.15, 0.2) is 5.13 Å². The van der Waals surface area contributed by atoms with Crippen molar-refractivity contribution in [2.45, 2.75) is 20.0 Å². The summed E-state index contributed by atoms with van der Waals surface area (Å²) < 4.78 is 21.5. The number of rotatable bonds is 8. The van der Waals surface area contributed by atoms with Crippen LogP contribution in [0.4, 0.5) is 5.13 Å². The van der Waals surface area contributed by atoms with Crippen molar-refractivity contribution in [2.24, 2.45) is 0 Å². The minimum absolute atomic E-state index is 0.0461. The van der Waals surface area contributed by atoms with Gasteiger partial charge >= 0.3 is 7.82 Å². The third-order valence-corrected chi connectivity index (χ3v) is 6.13. The second kappa shape index (κ2) is 9.59. The highest BCUT2D eigenvalue weighted by atomic mass is 32.1. The standard InChI is InChI=1S/C20H21N2O7PS/c1-3-28-30(26,27)29-12(2)13-4-6-14(7-5-13)19(25)22-20-21-17(11-31-20)16-9-8-15(23)10-18(16)24/h4-12,23-24H,3H2,1-2H3,(H,26,27)(H,21,22,25). The molecule has 0 saturated heterocycles. The number of nitrogens with zero attached hydrogens (tertiary/aromatic N) is 1. The molecule has 31 heavy (non-hydrogen) atoms. The largest absolute Gasteiger partial charge is 0.508 e. The molecule has 2 atom stereocenters. The van der Waals surface area contributed by atoms with E-state index >= 15 is 0 Å². The summed E-state index contributed by atoms with van der Waals surface area (Å²) in [6.07, 6.45) is -0.709. The number of aromatic nitrogens is 1. The number of thiazole rings is 1. The highest BCUT2D eigenvalue weighted by Crippen LogP contribution is 2.47. The van der Waals surface area contributed by atoms with Crippen molar-refractivity contribution >= 4 is 30.2 Å². The average Bonchev–Trinajstić information content (AvgIpc) is 3.15. The number of phosphoric acid groups is 1. The molecule has 4 N–H and O–H groups in total. The molecule has 9 nitrogen and oxygen atoms in total. The Balaban J connectivity index is 1.66. The molecule has 0 bridgehead atoms. The fourth-order valence-electron chi connectivity index (χ4n) is 2.72. The van der Waals surface area contributed by atoms with E-state index in [0.717, 1.165) is 0 Å². The van der Waals surface area contributed by atoms with Gasteiger partial charge in [-0.2, -0.15) is 0 Å². The van der Waals surface area contributed by atoms with Gasteiger partial charge in [-0.25, -0.2) is 9.55 Å². The maximum absolute atomic E-state index is 12.5. The van der Waals surface area contributed by atoms with Crippen LogP contribution in [0.15, 0.2) is 47.8 Å². The van der Waals surface area contributed by atoms with Gasteiger partial charge < -0.3 is 15.1 Å². The van der Waals surface area contributed by atoms with E-state index < -0.39 is 19.8 Å². The monoisotopic (exact) mass is 464 g/mol. The minimum atomic E-state index is -4.14. The van der Waals surface area contributed by atoms with E-state index in [-0.39, 0.29) is 18.1 Å². The average molecular weight is 464 g/mol. The van der Waals surface area contributed by atoms with E-state index in [4.69, 9.17) is 4.52 Å². The van der Waals surface area contributed by atoms with Crippen molar-refractivity contribution < 1.29 is 33.5 Å². The van der Waals surface area contributed by atoms with Gasteiger partial charge in [-0.1, -0.05) is 12.1 Å². The molecule has 0 aliphatic carbocycles. The van der Waals surface area contributed by atoms with E-state index in [0.29, 0.717) is 27.5 Å². The molecule has 164 valence electrons.